The van der Waals surface area contributed by atoms with Crippen LogP contribution in [0, 0.1) is 11.6 Å². The Morgan fingerprint density at radius 2 is 2.09 bits per heavy atom. The van der Waals surface area contributed by atoms with E-state index in [9.17, 15) is 13.6 Å². The summed E-state index contributed by atoms with van der Waals surface area (Å²) in [5.74, 6) is -1.41. The Hall–Kier alpha value is -2.30. The number of nitrogens with zero attached hydrogens (tertiary/aromatic N) is 1. The van der Waals surface area contributed by atoms with Crippen molar-refractivity contribution in [2.75, 3.05) is 0 Å². The van der Waals surface area contributed by atoms with Gasteiger partial charge in [-0.25, -0.2) is 8.78 Å². The number of hydrogen-bond acceptors (Lipinski definition) is 2. The third-order valence-electron chi connectivity index (χ3n) is 4.12. The molecule has 0 radical (unpaired) electrons. The highest BCUT2D eigenvalue weighted by molar-refractivity contribution is 5.79. The number of nitrogens with one attached hydrogen (secondary N) is 1. The van der Waals surface area contributed by atoms with Crippen LogP contribution in [0.3, 0.4) is 0 Å². The van der Waals surface area contributed by atoms with Crippen LogP contribution in [0.2, 0.25) is 0 Å². The standard InChI is InChI=1S/C17H16F2N2O/c18-13-4-5-14(15(19)10-13)17(6-2-7-17)21-16(22)9-12-3-1-8-20-11-12/h1,3-5,8,10-11H,2,6-7,9H2,(H,21,22). The van der Waals surface area contributed by atoms with Gasteiger partial charge in [-0.15, -0.1) is 0 Å². The lowest BCUT2D eigenvalue weighted by Gasteiger charge is -2.43. The van der Waals surface area contributed by atoms with E-state index in [1.165, 1.54) is 12.1 Å². The zero-order valence-corrected chi connectivity index (χ0v) is 12.0. The fourth-order valence-electron chi connectivity index (χ4n) is 2.87. The molecule has 0 saturated heterocycles. The predicted octanol–water partition coefficient (Wildman–Crippen LogP) is 3.10. The Labute approximate surface area is 127 Å². The number of aromatic nitrogens is 1. The van der Waals surface area contributed by atoms with E-state index in [4.69, 9.17) is 0 Å². The zero-order chi connectivity index (χ0) is 15.6. The number of benzene rings is 1. The average molecular weight is 302 g/mol. The molecule has 0 bridgehead atoms. The highest BCUT2D eigenvalue weighted by atomic mass is 19.1. The minimum Gasteiger partial charge on any atom is -0.346 e. The highest BCUT2D eigenvalue weighted by Gasteiger charge is 2.41. The Kier molecular flexibility index (Phi) is 3.88. The number of halogens is 2. The van der Waals surface area contributed by atoms with E-state index in [2.05, 4.69) is 10.3 Å². The second kappa shape index (κ2) is 5.83. The van der Waals surface area contributed by atoms with E-state index < -0.39 is 17.2 Å². The Bertz CT molecular complexity index is 684. The van der Waals surface area contributed by atoms with Crippen LogP contribution in [0.5, 0.6) is 0 Å². The lowest BCUT2D eigenvalue weighted by molar-refractivity contribution is -0.123. The quantitative estimate of drug-likeness (QED) is 0.943. The van der Waals surface area contributed by atoms with Crippen molar-refractivity contribution in [3.8, 4) is 0 Å². The molecule has 2 aromatic rings. The first-order valence-electron chi connectivity index (χ1n) is 7.24. The van der Waals surface area contributed by atoms with E-state index in [0.29, 0.717) is 18.4 Å². The number of carbonyl (C=O) groups is 1. The molecule has 1 aromatic heterocycles. The first-order chi connectivity index (χ1) is 10.6. The Balaban J connectivity index is 1.77. The minimum absolute atomic E-state index is 0.184. The lowest BCUT2D eigenvalue weighted by Crippen LogP contribution is -2.51. The maximum Gasteiger partial charge on any atom is 0.225 e. The van der Waals surface area contributed by atoms with Crippen LogP contribution in [0.15, 0.2) is 42.7 Å². The highest BCUT2D eigenvalue weighted by Crippen LogP contribution is 2.42. The van der Waals surface area contributed by atoms with Gasteiger partial charge >= 0.3 is 0 Å². The number of hydrogen-bond donors (Lipinski definition) is 1. The van der Waals surface area contributed by atoms with E-state index in [1.807, 2.05) is 6.07 Å². The van der Waals surface area contributed by atoms with E-state index in [0.717, 1.165) is 18.1 Å². The zero-order valence-electron chi connectivity index (χ0n) is 12.0. The van der Waals surface area contributed by atoms with E-state index in [-0.39, 0.29) is 12.3 Å². The molecular weight excluding hydrogens is 286 g/mol. The summed E-state index contributed by atoms with van der Waals surface area (Å²) in [5, 5.41) is 2.93. The van der Waals surface area contributed by atoms with Gasteiger partial charge in [-0.05, 0) is 37.0 Å². The van der Waals surface area contributed by atoms with Gasteiger partial charge < -0.3 is 5.32 Å². The smallest absolute Gasteiger partial charge is 0.225 e. The van der Waals surface area contributed by atoms with Gasteiger partial charge in [-0.1, -0.05) is 12.1 Å². The topological polar surface area (TPSA) is 42.0 Å². The second-order valence-electron chi connectivity index (χ2n) is 5.65. The normalized spacial score (nSPS) is 15.9. The minimum atomic E-state index is -0.711. The number of rotatable bonds is 4. The van der Waals surface area contributed by atoms with Crippen LogP contribution in [-0.4, -0.2) is 10.9 Å². The molecule has 3 rings (SSSR count). The van der Waals surface area contributed by atoms with Gasteiger partial charge in [-0.2, -0.15) is 0 Å². The molecule has 1 aromatic carbocycles. The van der Waals surface area contributed by atoms with Crippen molar-refractivity contribution in [2.24, 2.45) is 0 Å². The fraction of sp³-hybridized carbons (Fsp3) is 0.294. The third-order valence-corrected chi connectivity index (χ3v) is 4.12. The van der Waals surface area contributed by atoms with Crippen molar-refractivity contribution >= 4 is 5.91 Å². The van der Waals surface area contributed by atoms with Crippen molar-refractivity contribution in [2.45, 2.75) is 31.2 Å². The molecule has 1 saturated carbocycles. The van der Waals surface area contributed by atoms with Crippen LogP contribution < -0.4 is 5.32 Å². The molecule has 114 valence electrons. The second-order valence-corrected chi connectivity index (χ2v) is 5.65. The van der Waals surface area contributed by atoms with Crippen molar-refractivity contribution in [1.29, 1.82) is 0 Å². The molecule has 5 heteroatoms. The largest absolute Gasteiger partial charge is 0.346 e. The first kappa shape index (κ1) is 14.6. The van der Waals surface area contributed by atoms with Crippen LogP contribution in [-0.2, 0) is 16.8 Å². The Morgan fingerprint density at radius 3 is 2.68 bits per heavy atom. The maximum atomic E-state index is 14.0. The molecule has 22 heavy (non-hydrogen) atoms. The molecule has 0 spiro atoms. The van der Waals surface area contributed by atoms with Gasteiger partial charge in [-0.3, -0.25) is 9.78 Å². The molecule has 0 unspecified atom stereocenters. The summed E-state index contributed by atoms with van der Waals surface area (Å²) in [6.07, 6.45) is 5.69. The van der Waals surface area contributed by atoms with Gasteiger partial charge in [0.05, 0.1) is 12.0 Å². The summed E-state index contributed by atoms with van der Waals surface area (Å²) in [6, 6.07) is 7.10. The molecule has 1 N–H and O–H groups in total. The summed E-state index contributed by atoms with van der Waals surface area (Å²) in [4.78, 5) is 16.2. The van der Waals surface area contributed by atoms with Crippen molar-refractivity contribution in [1.82, 2.24) is 10.3 Å². The van der Waals surface area contributed by atoms with Gasteiger partial charge in [0.2, 0.25) is 5.91 Å². The lowest BCUT2D eigenvalue weighted by atomic mass is 9.71. The van der Waals surface area contributed by atoms with Crippen molar-refractivity contribution in [3.05, 3.63) is 65.5 Å². The van der Waals surface area contributed by atoms with Gasteiger partial charge in [0.25, 0.3) is 0 Å². The number of pyridine rings is 1. The van der Waals surface area contributed by atoms with Crippen LogP contribution in [0.4, 0.5) is 8.78 Å². The number of amides is 1. The monoisotopic (exact) mass is 302 g/mol. The molecule has 1 aliphatic rings. The van der Waals surface area contributed by atoms with E-state index in [1.54, 1.807) is 18.5 Å². The first-order valence-corrected chi connectivity index (χ1v) is 7.24. The maximum absolute atomic E-state index is 14.0. The van der Waals surface area contributed by atoms with Crippen molar-refractivity contribution in [3.63, 3.8) is 0 Å². The fourth-order valence-corrected chi connectivity index (χ4v) is 2.87. The van der Waals surface area contributed by atoms with Gasteiger partial charge in [0.1, 0.15) is 11.6 Å². The molecule has 1 fully saturated rings. The van der Waals surface area contributed by atoms with E-state index >= 15 is 0 Å². The molecule has 1 aliphatic carbocycles. The molecule has 1 heterocycles. The molecule has 3 nitrogen and oxygen atoms in total. The molecule has 1 amide bonds. The third kappa shape index (κ3) is 2.84. The van der Waals surface area contributed by atoms with Gasteiger partial charge in [0.15, 0.2) is 0 Å². The van der Waals surface area contributed by atoms with Crippen LogP contribution in [0.25, 0.3) is 0 Å². The summed E-state index contributed by atoms with van der Waals surface area (Å²) in [5.41, 5.74) is 0.450. The SMILES string of the molecule is O=C(Cc1cccnc1)NC1(c2ccc(F)cc2F)CCC1. The molecule has 0 atom stereocenters. The summed E-state index contributed by atoms with van der Waals surface area (Å²) < 4.78 is 27.1. The van der Waals surface area contributed by atoms with Crippen LogP contribution >= 0.6 is 0 Å². The van der Waals surface area contributed by atoms with Crippen molar-refractivity contribution < 1.29 is 13.6 Å². The van der Waals surface area contributed by atoms with Crippen LogP contribution in [0.1, 0.15) is 30.4 Å². The molecular formula is C17H16F2N2O. The Morgan fingerprint density at radius 1 is 1.27 bits per heavy atom. The number of carbonyl (C=O) groups excluding carboxylic acids is 1. The average Bonchev–Trinajstić information content (AvgIpc) is 2.44. The summed E-state index contributed by atoms with van der Waals surface area (Å²) in [6.45, 7) is 0. The summed E-state index contributed by atoms with van der Waals surface area (Å²) in [7, 11) is 0. The van der Waals surface area contributed by atoms with Gasteiger partial charge in [0, 0.05) is 24.0 Å². The predicted molar refractivity (Wildman–Crippen MR) is 78.0 cm³/mol. The summed E-state index contributed by atoms with van der Waals surface area (Å²) >= 11 is 0. The molecule has 0 aliphatic heterocycles.